The molecule has 4 rings (SSSR count). The number of anilines is 1. The van der Waals surface area contributed by atoms with Crippen LogP contribution >= 0.6 is 0 Å². The zero-order valence-corrected chi connectivity index (χ0v) is 21.0. The Kier molecular flexibility index (Phi) is 7.60. The highest BCUT2D eigenvalue weighted by molar-refractivity contribution is 5.95. The van der Waals surface area contributed by atoms with E-state index in [1.54, 1.807) is 16.5 Å². The first kappa shape index (κ1) is 24.7. The van der Waals surface area contributed by atoms with Crippen LogP contribution in [0.2, 0.25) is 0 Å². The van der Waals surface area contributed by atoms with Crippen LogP contribution in [0.15, 0.2) is 35.1 Å². The second-order valence-corrected chi connectivity index (χ2v) is 9.88. The van der Waals surface area contributed by atoms with Crippen molar-refractivity contribution in [2.24, 2.45) is 7.05 Å². The number of para-hydroxylation sites is 1. The molecule has 2 aromatic rings. The van der Waals surface area contributed by atoms with E-state index in [2.05, 4.69) is 15.5 Å². The van der Waals surface area contributed by atoms with Crippen molar-refractivity contribution in [3.63, 3.8) is 0 Å². The Morgan fingerprint density at radius 1 is 1.18 bits per heavy atom. The maximum atomic E-state index is 13.1. The quantitative estimate of drug-likeness (QED) is 0.622. The molecule has 1 saturated heterocycles. The van der Waals surface area contributed by atoms with Crippen LogP contribution in [0.1, 0.15) is 51.1 Å². The number of methoxy groups -OCH3 is 1. The van der Waals surface area contributed by atoms with Gasteiger partial charge >= 0.3 is 0 Å². The van der Waals surface area contributed by atoms with E-state index in [4.69, 9.17) is 4.74 Å². The van der Waals surface area contributed by atoms with E-state index in [-0.39, 0.29) is 17.0 Å². The fourth-order valence-corrected chi connectivity index (χ4v) is 5.58. The normalized spacial score (nSPS) is 19.9. The summed E-state index contributed by atoms with van der Waals surface area (Å²) in [5.41, 5.74) is 1.71. The minimum absolute atomic E-state index is 0.107. The Labute approximate surface area is 202 Å². The maximum Gasteiger partial charge on any atom is 0.295 e. The topological polar surface area (TPSA) is 80.5 Å². The van der Waals surface area contributed by atoms with E-state index in [1.165, 1.54) is 12.8 Å². The van der Waals surface area contributed by atoms with Crippen LogP contribution in [-0.2, 0) is 16.6 Å². The summed E-state index contributed by atoms with van der Waals surface area (Å²) >= 11 is 0. The zero-order chi connectivity index (χ0) is 24.3. The largest absolute Gasteiger partial charge is 0.381 e. The number of piperidine rings is 1. The van der Waals surface area contributed by atoms with Crippen molar-refractivity contribution in [3.8, 4) is 5.69 Å². The Bertz CT molecular complexity index is 1030. The lowest BCUT2D eigenvalue weighted by molar-refractivity contribution is -0.118. The van der Waals surface area contributed by atoms with Crippen molar-refractivity contribution in [3.05, 3.63) is 46.4 Å². The van der Waals surface area contributed by atoms with Crippen LogP contribution in [0.5, 0.6) is 0 Å². The molecule has 0 radical (unpaired) electrons. The first-order chi connectivity index (χ1) is 16.4. The van der Waals surface area contributed by atoms with Crippen LogP contribution in [0.4, 0.5) is 5.69 Å². The summed E-state index contributed by atoms with van der Waals surface area (Å²) in [6.07, 6.45) is 7.27. The molecule has 2 aliphatic rings. The molecule has 186 valence electrons. The summed E-state index contributed by atoms with van der Waals surface area (Å²) in [6, 6.07) is 9.06. The van der Waals surface area contributed by atoms with Gasteiger partial charge in [-0.1, -0.05) is 31.0 Å². The molecule has 34 heavy (non-hydrogen) atoms. The van der Waals surface area contributed by atoms with Gasteiger partial charge in [-0.2, -0.15) is 0 Å². The highest BCUT2D eigenvalue weighted by Crippen LogP contribution is 2.37. The molecule has 1 aliphatic carbocycles. The predicted molar refractivity (Wildman–Crippen MR) is 135 cm³/mol. The van der Waals surface area contributed by atoms with Gasteiger partial charge < -0.3 is 15.4 Å². The van der Waals surface area contributed by atoms with Gasteiger partial charge in [-0.3, -0.25) is 19.2 Å². The van der Waals surface area contributed by atoms with Gasteiger partial charge in [-0.05, 0) is 51.7 Å². The molecule has 1 aromatic carbocycles. The molecule has 1 atom stereocenters. The average molecular weight is 470 g/mol. The van der Waals surface area contributed by atoms with Gasteiger partial charge in [0.15, 0.2) is 0 Å². The second kappa shape index (κ2) is 10.5. The minimum Gasteiger partial charge on any atom is -0.381 e. The molecule has 1 saturated carbocycles. The first-order valence-corrected chi connectivity index (χ1v) is 12.5. The number of nitrogens with zero attached hydrogens (tertiary/aromatic N) is 3. The van der Waals surface area contributed by atoms with E-state index < -0.39 is 6.04 Å². The van der Waals surface area contributed by atoms with Crippen molar-refractivity contribution in [2.45, 2.75) is 70.1 Å². The molecule has 1 aliphatic heterocycles. The van der Waals surface area contributed by atoms with E-state index in [0.717, 1.165) is 56.7 Å². The van der Waals surface area contributed by atoms with Gasteiger partial charge in [-0.15, -0.1) is 0 Å². The third-order valence-corrected chi connectivity index (χ3v) is 7.91. The Morgan fingerprint density at radius 3 is 2.44 bits per heavy atom. The molecule has 1 amide bonds. The van der Waals surface area contributed by atoms with Crippen LogP contribution in [0, 0.1) is 6.92 Å². The monoisotopic (exact) mass is 469 g/mol. The van der Waals surface area contributed by atoms with Crippen LogP contribution < -0.4 is 16.2 Å². The number of carbonyl (C=O) groups excluding carboxylic acids is 1. The van der Waals surface area contributed by atoms with Crippen molar-refractivity contribution >= 4 is 11.6 Å². The van der Waals surface area contributed by atoms with E-state index in [9.17, 15) is 9.59 Å². The molecular formula is C26H39N5O3. The van der Waals surface area contributed by atoms with E-state index >= 15 is 0 Å². The third kappa shape index (κ3) is 4.85. The Hall–Kier alpha value is -2.42. The lowest BCUT2D eigenvalue weighted by Crippen LogP contribution is -2.58. The number of likely N-dealkylation sites (tertiary alicyclic amines) is 1. The standard InChI is InChI=1S/C26H39N5O3/c1-19(27-18-26(14-8-9-15-26)30-16-12-22(34-4)13-17-30)24(32)28-23-20(2)29(3)31(25(23)33)21-10-6-5-7-11-21/h5-7,10-11,19,22,27H,8-9,12-18H2,1-4H3,(H,28,32). The molecule has 1 aromatic heterocycles. The zero-order valence-electron chi connectivity index (χ0n) is 21.0. The number of ether oxygens (including phenoxy) is 1. The SMILES string of the molecule is COC1CCN(C2(CNC(C)C(=O)Nc3c(C)n(C)n(-c4ccccc4)c3=O)CCCC2)CC1. The third-order valence-electron chi connectivity index (χ3n) is 7.91. The smallest absolute Gasteiger partial charge is 0.295 e. The number of aromatic nitrogens is 2. The van der Waals surface area contributed by atoms with Crippen LogP contribution in [-0.4, -0.2) is 64.6 Å². The van der Waals surface area contributed by atoms with Crippen molar-refractivity contribution < 1.29 is 9.53 Å². The number of benzene rings is 1. The molecule has 1 unspecified atom stereocenters. The number of nitrogens with one attached hydrogen (secondary N) is 2. The van der Waals surface area contributed by atoms with Gasteiger partial charge in [0.25, 0.3) is 5.56 Å². The molecule has 8 heteroatoms. The highest BCUT2D eigenvalue weighted by Gasteiger charge is 2.41. The Balaban J connectivity index is 1.42. The molecule has 2 N–H and O–H groups in total. The molecule has 2 fully saturated rings. The summed E-state index contributed by atoms with van der Waals surface area (Å²) in [7, 11) is 3.63. The summed E-state index contributed by atoms with van der Waals surface area (Å²) in [6.45, 7) is 6.60. The molecule has 0 bridgehead atoms. The van der Waals surface area contributed by atoms with Crippen LogP contribution in [0.3, 0.4) is 0 Å². The van der Waals surface area contributed by atoms with Gasteiger partial charge in [0.1, 0.15) is 5.69 Å². The average Bonchev–Trinajstić information content (AvgIpc) is 3.43. The molecule has 8 nitrogen and oxygen atoms in total. The molecular weight excluding hydrogens is 430 g/mol. The number of carbonyl (C=O) groups is 1. The highest BCUT2D eigenvalue weighted by atomic mass is 16.5. The fourth-order valence-electron chi connectivity index (χ4n) is 5.58. The maximum absolute atomic E-state index is 13.1. The Morgan fingerprint density at radius 2 is 1.82 bits per heavy atom. The summed E-state index contributed by atoms with van der Waals surface area (Å²) in [4.78, 5) is 28.8. The van der Waals surface area contributed by atoms with Gasteiger partial charge in [0, 0.05) is 39.3 Å². The van der Waals surface area contributed by atoms with Crippen molar-refractivity contribution in [1.29, 1.82) is 0 Å². The number of amides is 1. The van der Waals surface area contributed by atoms with E-state index in [0.29, 0.717) is 11.8 Å². The number of rotatable bonds is 8. The minimum atomic E-state index is -0.404. The number of hydrogen-bond acceptors (Lipinski definition) is 5. The van der Waals surface area contributed by atoms with E-state index in [1.807, 2.05) is 51.2 Å². The summed E-state index contributed by atoms with van der Waals surface area (Å²) < 4.78 is 8.92. The molecule has 2 heterocycles. The van der Waals surface area contributed by atoms with Crippen LogP contribution in [0.25, 0.3) is 5.69 Å². The van der Waals surface area contributed by atoms with Crippen molar-refractivity contribution in [1.82, 2.24) is 19.6 Å². The summed E-state index contributed by atoms with van der Waals surface area (Å²) in [5.74, 6) is -0.183. The predicted octanol–water partition coefficient (Wildman–Crippen LogP) is 2.82. The first-order valence-electron chi connectivity index (χ1n) is 12.5. The second-order valence-electron chi connectivity index (χ2n) is 9.88. The fraction of sp³-hybridized carbons (Fsp3) is 0.615. The van der Waals surface area contributed by atoms with Gasteiger partial charge in [0.2, 0.25) is 5.91 Å². The van der Waals surface area contributed by atoms with Gasteiger partial charge in [-0.25, -0.2) is 4.68 Å². The number of hydrogen-bond donors (Lipinski definition) is 2. The van der Waals surface area contributed by atoms with Crippen molar-refractivity contribution in [2.75, 3.05) is 32.1 Å². The summed E-state index contributed by atoms with van der Waals surface area (Å²) in [5, 5.41) is 6.40. The lowest BCUT2D eigenvalue weighted by atomic mass is 9.91. The van der Waals surface area contributed by atoms with Gasteiger partial charge in [0.05, 0.1) is 23.5 Å². The lowest BCUT2D eigenvalue weighted by Gasteiger charge is -2.45. The molecule has 0 spiro atoms.